The molecule has 0 fully saturated rings. The zero-order valence-electron chi connectivity index (χ0n) is 22.5. The normalized spacial score (nSPS) is 11.5. The van der Waals surface area contributed by atoms with Gasteiger partial charge in [0.2, 0.25) is 10.0 Å². The number of hydrogen-bond donors (Lipinski definition) is 1. The van der Waals surface area contributed by atoms with E-state index in [1.54, 1.807) is 24.1 Å². The molecule has 1 amide bonds. The molecule has 9 nitrogen and oxygen atoms in total. The molecule has 2 rings (SSSR count). The maximum atomic E-state index is 12.8. The molecular weight excluding hydrogens is 496 g/mol. The predicted molar refractivity (Wildman–Crippen MR) is 145 cm³/mol. The summed E-state index contributed by atoms with van der Waals surface area (Å²) in [5, 5.41) is 0. The van der Waals surface area contributed by atoms with Crippen LogP contribution in [0.2, 0.25) is 0 Å². The van der Waals surface area contributed by atoms with E-state index in [0.717, 1.165) is 29.2 Å². The minimum absolute atomic E-state index is 0.339. The molecule has 0 aromatic heterocycles. The van der Waals surface area contributed by atoms with E-state index < -0.39 is 21.7 Å². The zero-order chi connectivity index (χ0) is 27.6. The van der Waals surface area contributed by atoms with E-state index in [0.29, 0.717) is 56.0 Å². The van der Waals surface area contributed by atoms with Gasteiger partial charge in [0.1, 0.15) is 23.4 Å². The number of benzene rings is 2. The Hall–Kier alpha value is -3.27. The van der Waals surface area contributed by atoms with Crippen molar-refractivity contribution in [1.82, 2.24) is 4.90 Å². The van der Waals surface area contributed by atoms with Crippen molar-refractivity contribution in [3.63, 3.8) is 0 Å². The first kappa shape index (κ1) is 30.0. The van der Waals surface area contributed by atoms with Gasteiger partial charge >= 0.3 is 6.09 Å². The van der Waals surface area contributed by atoms with Crippen LogP contribution in [0.1, 0.15) is 45.6 Å². The molecule has 0 spiro atoms. The highest BCUT2D eigenvalue weighted by atomic mass is 32.2. The van der Waals surface area contributed by atoms with Crippen LogP contribution in [0.3, 0.4) is 0 Å². The number of rotatable bonds is 13. The Bertz CT molecular complexity index is 1170. The highest BCUT2D eigenvalue weighted by Gasteiger charge is 2.22. The Balaban J connectivity index is 2.32. The fraction of sp³-hybridized carbons (Fsp3) is 0.481. The van der Waals surface area contributed by atoms with Gasteiger partial charge in [-0.2, -0.15) is 0 Å². The Kier molecular flexibility index (Phi) is 10.8. The Morgan fingerprint density at radius 3 is 2.16 bits per heavy atom. The number of ether oxygens (including phenoxy) is 3. The second kappa shape index (κ2) is 13.3. The van der Waals surface area contributed by atoms with Gasteiger partial charge in [0.15, 0.2) is 0 Å². The molecule has 2 aromatic rings. The summed E-state index contributed by atoms with van der Waals surface area (Å²) in [6, 6.07) is 11.0. The lowest BCUT2D eigenvalue weighted by Crippen LogP contribution is -2.38. The van der Waals surface area contributed by atoms with Crippen LogP contribution in [0, 0.1) is 0 Å². The van der Waals surface area contributed by atoms with Crippen LogP contribution in [0.15, 0.2) is 36.4 Å². The molecular formula is C27H38N2O7S. The fourth-order valence-electron chi connectivity index (χ4n) is 3.73. The van der Waals surface area contributed by atoms with Gasteiger partial charge in [-0.05, 0) is 81.0 Å². The average molecular weight is 535 g/mol. The van der Waals surface area contributed by atoms with Gasteiger partial charge in [-0.25, -0.2) is 13.2 Å². The molecule has 1 N–H and O–H groups in total. The minimum Gasteiger partial charge on any atom is -0.496 e. The van der Waals surface area contributed by atoms with Gasteiger partial charge in [0, 0.05) is 19.5 Å². The largest absolute Gasteiger partial charge is 0.496 e. The number of anilines is 1. The third kappa shape index (κ3) is 9.95. The number of sulfonamides is 1. The van der Waals surface area contributed by atoms with Crippen LogP contribution in [0.4, 0.5) is 10.5 Å². The first-order valence-electron chi connectivity index (χ1n) is 12.1. The quantitative estimate of drug-likeness (QED) is 0.288. The van der Waals surface area contributed by atoms with Gasteiger partial charge in [0.25, 0.3) is 0 Å². The number of hydrogen-bond acceptors (Lipinski definition) is 7. The van der Waals surface area contributed by atoms with Crippen LogP contribution in [-0.2, 0) is 26.0 Å². The number of methoxy groups -OCH3 is 2. The summed E-state index contributed by atoms with van der Waals surface area (Å²) in [6.45, 7) is 6.35. The molecule has 0 saturated heterocycles. The van der Waals surface area contributed by atoms with Crippen molar-refractivity contribution >= 4 is 28.1 Å². The summed E-state index contributed by atoms with van der Waals surface area (Å²) in [7, 11) is -0.433. The number of carbonyl (C=O) groups excluding carboxylic acids is 2. The Labute approximate surface area is 220 Å². The molecule has 0 atom stereocenters. The van der Waals surface area contributed by atoms with E-state index in [1.807, 2.05) is 45.0 Å². The van der Waals surface area contributed by atoms with Crippen LogP contribution in [-0.4, -0.2) is 64.9 Å². The summed E-state index contributed by atoms with van der Waals surface area (Å²) < 4.78 is 42.6. The molecule has 2 aromatic carbocycles. The van der Waals surface area contributed by atoms with E-state index in [4.69, 9.17) is 14.2 Å². The van der Waals surface area contributed by atoms with E-state index >= 15 is 0 Å². The van der Waals surface area contributed by atoms with Gasteiger partial charge in [-0.3, -0.25) is 4.72 Å². The van der Waals surface area contributed by atoms with Crippen molar-refractivity contribution in [2.24, 2.45) is 0 Å². The van der Waals surface area contributed by atoms with E-state index in [2.05, 4.69) is 4.72 Å². The topological polar surface area (TPSA) is 111 Å². The molecule has 0 saturated carbocycles. The average Bonchev–Trinajstić information content (AvgIpc) is 2.81. The van der Waals surface area contributed by atoms with Gasteiger partial charge in [-0.1, -0.05) is 12.1 Å². The Morgan fingerprint density at radius 1 is 0.973 bits per heavy atom. The van der Waals surface area contributed by atoms with Crippen LogP contribution < -0.4 is 14.2 Å². The Morgan fingerprint density at radius 2 is 1.59 bits per heavy atom. The van der Waals surface area contributed by atoms with Gasteiger partial charge in [0.05, 0.1) is 26.2 Å². The number of amides is 1. The number of unbranched alkanes of at least 4 members (excludes halogenated alkanes) is 2. The van der Waals surface area contributed by atoms with Gasteiger partial charge in [-0.15, -0.1) is 0 Å². The lowest BCUT2D eigenvalue weighted by Gasteiger charge is -2.27. The lowest BCUT2D eigenvalue weighted by atomic mass is 10.00. The van der Waals surface area contributed by atoms with E-state index in [1.165, 1.54) is 7.11 Å². The molecule has 204 valence electrons. The predicted octanol–water partition coefficient (Wildman–Crippen LogP) is 4.89. The highest BCUT2D eigenvalue weighted by Crippen LogP contribution is 2.33. The monoisotopic (exact) mass is 534 g/mol. The minimum atomic E-state index is -3.50. The SMILES string of the molecule is COc1ccc(-c2ccc(OC)c(NS(C)(=O)=O)c2)cc1CCN(CCCCC=O)C(=O)OC(C)(C)C. The summed E-state index contributed by atoms with van der Waals surface area (Å²) >= 11 is 0. The molecule has 0 aliphatic heterocycles. The number of nitrogens with one attached hydrogen (secondary N) is 1. The zero-order valence-corrected chi connectivity index (χ0v) is 23.3. The molecule has 0 radical (unpaired) electrons. The maximum absolute atomic E-state index is 12.8. The second-order valence-electron chi connectivity index (χ2n) is 9.70. The number of carbonyl (C=O) groups is 2. The summed E-state index contributed by atoms with van der Waals surface area (Å²) in [5.41, 5.74) is 2.24. The molecule has 0 bridgehead atoms. The standard InChI is InChI=1S/C27H38N2O7S/c1-27(2,3)36-26(31)29(15-8-7-9-17-30)16-14-22-18-20(10-12-24(22)34-4)21-11-13-25(35-5)23(19-21)28-37(6,32)33/h10-13,17-19,28H,7-9,14-16H2,1-6H3. The molecule has 0 heterocycles. The van der Waals surface area contributed by atoms with E-state index in [-0.39, 0.29) is 0 Å². The molecule has 0 unspecified atom stereocenters. The summed E-state index contributed by atoms with van der Waals surface area (Å²) in [4.78, 5) is 25.2. The van der Waals surface area contributed by atoms with Gasteiger partial charge < -0.3 is 23.9 Å². The van der Waals surface area contributed by atoms with Crippen molar-refractivity contribution in [1.29, 1.82) is 0 Å². The highest BCUT2D eigenvalue weighted by molar-refractivity contribution is 7.92. The number of nitrogens with zero attached hydrogens (tertiary/aromatic N) is 1. The fourth-order valence-corrected chi connectivity index (χ4v) is 4.29. The van der Waals surface area contributed by atoms with E-state index in [9.17, 15) is 18.0 Å². The van der Waals surface area contributed by atoms with Crippen molar-refractivity contribution in [2.45, 2.75) is 52.1 Å². The van der Waals surface area contributed by atoms with Crippen LogP contribution in [0.25, 0.3) is 11.1 Å². The maximum Gasteiger partial charge on any atom is 0.410 e. The first-order chi connectivity index (χ1) is 17.4. The summed E-state index contributed by atoms with van der Waals surface area (Å²) in [6.07, 6.45) is 3.91. The smallest absolute Gasteiger partial charge is 0.410 e. The second-order valence-corrected chi connectivity index (χ2v) is 11.4. The lowest BCUT2D eigenvalue weighted by molar-refractivity contribution is -0.107. The van der Waals surface area contributed by atoms with Crippen molar-refractivity contribution < 1.29 is 32.2 Å². The van der Waals surface area contributed by atoms with Crippen LogP contribution in [0.5, 0.6) is 11.5 Å². The third-order valence-corrected chi connectivity index (χ3v) is 6.00. The van der Waals surface area contributed by atoms with Crippen molar-refractivity contribution in [3.05, 3.63) is 42.0 Å². The number of aldehydes is 1. The third-order valence-electron chi connectivity index (χ3n) is 5.41. The van der Waals surface area contributed by atoms with Crippen molar-refractivity contribution in [2.75, 3.05) is 38.3 Å². The molecule has 37 heavy (non-hydrogen) atoms. The summed E-state index contributed by atoms with van der Waals surface area (Å²) in [5.74, 6) is 1.09. The molecule has 0 aliphatic carbocycles. The molecule has 10 heteroatoms. The van der Waals surface area contributed by atoms with Crippen LogP contribution >= 0.6 is 0 Å². The molecule has 0 aliphatic rings. The first-order valence-corrected chi connectivity index (χ1v) is 14.0. The van der Waals surface area contributed by atoms with Crippen molar-refractivity contribution in [3.8, 4) is 22.6 Å².